The smallest absolute Gasteiger partial charge is 0.265 e. The lowest BCUT2D eigenvalue weighted by molar-refractivity contribution is 0.289. The second kappa shape index (κ2) is 7.42. The van der Waals surface area contributed by atoms with Crippen LogP contribution in [-0.4, -0.2) is 27.9 Å². The van der Waals surface area contributed by atoms with E-state index < -0.39 is 10.1 Å². The normalized spacial score (nSPS) is 11.6. The van der Waals surface area contributed by atoms with Gasteiger partial charge in [-0.2, -0.15) is 8.42 Å². The third kappa shape index (κ3) is 7.90. The summed E-state index contributed by atoms with van der Waals surface area (Å²) in [5, 5.41) is 2.93. The zero-order valence-electron chi connectivity index (χ0n) is 10.1. The molecule has 0 spiro atoms. The minimum absolute atomic E-state index is 0.0597. The van der Waals surface area contributed by atoms with Crippen LogP contribution in [0.3, 0.4) is 0 Å². The third-order valence-electron chi connectivity index (χ3n) is 2.29. The molecule has 0 heterocycles. The number of aryl methyl sites for hydroxylation is 1. The minimum atomic E-state index is -3.32. The van der Waals surface area contributed by atoms with Gasteiger partial charge in [0.2, 0.25) is 0 Å². The molecule has 0 aliphatic rings. The van der Waals surface area contributed by atoms with Crippen molar-refractivity contribution in [3.8, 4) is 0 Å². The van der Waals surface area contributed by atoms with Crippen LogP contribution in [0.5, 0.6) is 0 Å². The Bertz CT molecular complexity index is 403. The first-order valence-electron chi connectivity index (χ1n) is 5.67. The van der Waals surface area contributed by atoms with E-state index in [0.29, 0.717) is 0 Å². The average Bonchev–Trinajstić information content (AvgIpc) is 2.28. The topological polar surface area (TPSA) is 55.4 Å². The predicted octanol–water partition coefficient (Wildman–Crippen LogP) is 1.53. The van der Waals surface area contributed by atoms with Gasteiger partial charge in [0.25, 0.3) is 10.1 Å². The van der Waals surface area contributed by atoms with Crippen molar-refractivity contribution in [3.63, 3.8) is 0 Å². The Morgan fingerprint density at radius 3 is 2.53 bits per heavy atom. The van der Waals surface area contributed by atoms with Gasteiger partial charge in [-0.1, -0.05) is 30.3 Å². The highest BCUT2D eigenvalue weighted by atomic mass is 32.2. The minimum Gasteiger partial charge on any atom is -0.294 e. The van der Waals surface area contributed by atoms with E-state index in [4.69, 9.17) is 0 Å². The highest BCUT2D eigenvalue weighted by Crippen LogP contribution is 2.03. The van der Waals surface area contributed by atoms with Gasteiger partial charge in [0.15, 0.2) is 0 Å². The second-order valence-corrected chi connectivity index (χ2v) is 5.55. The van der Waals surface area contributed by atoms with E-state index in [1.165, 1.54) is 5.56 Å². The summed E-state index contributed by atoms with van der Waals surface area (Å²) < 4.78 is 25.8. The molecular weight excluding hydrogens is 238 g/mol. The fraction of sp³-hybridized carbons (Fsp3) is 0.500. The van der Waals surface area contributed by atoms with Crippen LogP contribution >= 0.6 is 0 Å². The number of nitrogens with one attached hydrogen (secondary N) is 1. The van der Waals surface area contributed by atoms with Gasteiger partial charge < -0.3 is 0 Å². The Kier molecular flexibility index (Phi) is 6.18. The Balaban J connectivity index is 1.99. The van der Waals surface area contributed by atoms with Crippen LogP contribution in [0.4, 0.5) is 0 Å². The maximum Gasteiger partial charge on any atom is 0.265 e. The Hall–Kier alpha value is -0.910. The fourth-order valence-corrected chi connectivity index (χ4v) is 1.74. The summed E-state index contributed by atoms with van der Waals surface area (Å²) in [6.45, 7) is 0.826. The SMILES string of the molecule is CS(=O)(=O)OCNCCCCc1ccccc1. The highest BCUT2D eigenvalue weighted by molar-refractivity contribution is 7.85. The van der Waals surface area contributed by atoms with Crippen LogP contribution in [-0.2, 0) is 20.7 Å². The van der Waals surface area contributed by atoms with Crippen molar-refractivity contribution in [2.75, 3.05) is 19.5 Å². The summed E-state index contributed by atoms with van der Waals surface area (Å²) in [5.74, 6) is 0. The molecule has 0 amide bonds. The molecular formula is C12H19NO3S. The summed E-state index contributed by atoms with van der Waals surface area (Å²) in [7, 11) is -3.32. The number of rotatable bonds is 8. The number of hydrogen-bond donors (Lipinski definition) is 1. The number of hydrogen-bond acceptors (Lipinski definition) is 4. The van der Waals surface area contributed by atoms with Gasteiger partial charge in [0, 0.05) is 0 Å². The molecule has 1 aromatic rings. The van der Waals surface area contributed by atoms with E-state index in [1.807, 2.05) is 18.2 Å². The number of unbranched alkanes of at least 4 members (excludes halogenated alkanes) is 1. The van der Waals surface area contributed by atoms with Crippen LogP contribution in [0.2, 0.25) is 0 Å². The lowest BCUT2D eigenvalue weighted by Crippen LogP contribution is -2.21. The fourth-order valence-electron chi connectivity index (χ4n) is 1.44. The molecule has 0 saturated heterocycles. The molecule has 0 saturated carbocycles. The quantitative estimate of drug-likeness (QED) is 0.436. The predicted molar refractivity (Wildman–Crippen MR) is 68.2 cm³/mol. The average molecular weight is 257 g/mol. The van der Waals surface area contributed by atoms with E-state index >= 15 is 0 Å². The van der Waals surface area contributed by atoms with Gasteiger partial charge in [0.1, 0.15) is 6.73 Å². The largest absolute Gasteiger partial charge is 0.294 e. The van der Waals surface area contributed by atoms with Gasteiger partial charge >= 0.3 is 0 Å². The first-order valence-corrected chi connectivity index (χ1v) is 7.48. The summed E-state index contributed by atoms with van der Waals surface area (Å²) in [6.07, 6.45) is 4.18. The summed E-state index contributed by atoms with van der Waals surface area (Å²) in [5.41, 5.74) is 1.33. The molecule has 0 bridgehead atoms. The molecule has 0 fully saturated rings. The zero-order valence-corrected chi connectivity index (χ0v) is 10.9. The molecule has 0 aromatic heterocycles. The Labute approximate surface area is 103 Å². The zero-order chi connectivity index (χ0) is 12.6. The first-order chi connectivity index (χ1) is 8.08. The van der Waals surface area contributed by atoms with Gasteiger partial charge in [-0.25, -0.2) is 0 Å². The van der Waals surface area contributed by atoms with Crippen LogP contribution < -0.4 is 5.32 Å². The van der Waals surface area contributed by atoms with Gasteiger partial charge in [-0.3, -0.25) is 9.50 Å². The molecule has 0 unspecified atom stereocenters. The van der Waals surface area contributed by atoms with Crippen LogP contribution in [0, 0.1) is 0 Å². The maximum absolute atomic E-state index is 10.6. The molecule has 5 heteroatoms. The monoisotopic (exact) mass is 257 g/mol. The summed E-state index contributed by atoms with van der Waals surface area (Å²) >= 11 is 0. The summed E-state index contributed by atoms with van der Waals surface area (Å²) in [4.78, 5) is 0. The molecule has 0 atom stereocenters. The first kappa shape index (κ1) is 14.2. The molecule has 96 valence electrons. The lowest BCUT2D eigenvalue weighted by atomic mass is 10.1. The van der Waals surface area contributed by atoms with Crippen molar-refractivity contribution in [1.82, 2.24) is 5.32 Å². The van der Waals surface area contributed by atoms with Crippen LogP contribution in [0.1, 0.15) is 18.4 Å². The molecule has 0 aliphatic heterocycles. The highest BCUT2D eigenvalue weighted by Gasteiger charge is 1.99. The van der Waals surface area contributed by atoms with Crippen molar-refractivity contribution in [3.05, 3.63) is 35.9 Å². The second-order valence-electron chi connectivity index (χ2n) is 3.91. The molecule has 1 N–H and O–H groups in total. The Morgan fingerprint density at radius 1 is 1.18 bits per heavy atom. The van der Waals surface area contributed by atoms with E-state index in [2.05, 4.69) is 21.6 Å². The van der Waals surface area contributed by atoms with Crippen molar-refractivity contribution in [2.24, 2.45) is 0 Å². The van der Waals surface area contributed by atoms with Gasteiger partial charge in [0.05, 0.1) is 6.26 Å². The number of benzene rings is 1. The molecule has 17 heavy (non-hydrogen) atoms. The maximum atomic E-state index is 10.6. The van der Waals surface area contributed by atoms with Crippen molar-refractivity contribution in [1.29, 1.82) is 0 Å². The lowest BCUT2D eigenvalue weighted by Gasteiger charge is -2.04. The van der Waals surface area contributed by atoms with Crippen molar-refractivity contribution >= 4 is 10.1 Å². The molecule has 0 aliphatic carbocycles. The Morgan fingerprint density at radius 2 is 1.88 bits per heavy atom. The van der Waals surface area contributed by atoms with Crippen molar-refractivity contribution in [2.45, 2.75) is 19.3 Å². The molecule has 0 radical (unpaired) electrons. The van der Waals surface area contributed by atoms with Crippen LogP contribution in [0.15, 0.2) is 30.3 Å². The van der Waals surface area contributed by atoms with E-state index in [9.17, 15) is 8.42 Å². The standard InChI is InChI=1S/C12H19NO3S/c1-17(14,15)16-11-13-10-6-5-9-12-7-3-2-4-8-12/h2-4,7-8,13H,5-6,9-11H2,1H3. The van der Waals surface area contributed by atoms with Crippen molar-refractivity contribution < 1.29 is 12.6 Å². The third-order valence-corrected chi connectivity index (χ3v) is 2.83. The van der Waals surface area contributed by atoms with Gasteiger partial charge in [-0.15, -0.1) is 0 Å². The van der Waals surface area contributed by atoms with E-state index in [0.717, 1.165) is 32.1 Å². The molecule has 1 aromatic carbocycles. The summed E-state index contributed by atoms with van der Waals surface area (Å²) in [6, 6.07) is 10.3. The molecule has 4 nitrogen and oxygen atoms in total. The van der Waals surface area contributed by atoms with Crippen LogP contribution in [0.25, 0.3) is 0 Å². The van der Waals surface area contributed by atoms with E-state index in [1.54, 1.807) is 0 Å². The molecule has 1 rings (SSSR count). The van der Waals surface area contributed by atoms with E-state index in [-0.39, 0.29) is 6.73 Å². The van der Waals surface area contributed by atoms with Gasteiger partial charge in [-0.05, 0) is 31.4 Å².